The molecule has 0 radical (unpaired) electrons. The van der Waals surface area contributed by atoms with Crippen molar-refractivity contribution in [1.29, 1.82) is 0 Å². The van der Waals surface area contributed by atoms with Gasteiger partial charge in [0.1, 0.15) is 0 Å². The standard InChI is InChI=1S/C10H20N2O5S2/c11-19(15,16)10-4-1-5-12(7-10)18(13,14)8-9-3-2-6-17-9/h9-10H,1-8H2,(H2,11,15,16). The van der Waals surface area contributed by atoms with Crippen LogP contribution in [0.5, 0.6) is 0 Å². The van der Waals surface area contributed by atoms with Crippen LogP contribution in [-0.2, 0) is 24.8 Å². The van der Waals surface area contributed by atoms with Crippen LogP contribution in [0.3, 0.4) is 0 Å². The molecule has 112 valence electrons. The van der Waals surface area contributed by atoms with Crippen molar-refractivity contribution in [1.82, 2.24) is 4.31 Å². The first-order valence-corrected chi connectivity index (χ1v) is 9.62. The fraction of sp³-hybridized carbons (Fsp3) is 1.00. The van der Waals surface area contributed by atoms with E-state index < -0.39 is 25.3 Å². The third-order valence-corrected chi connectivity index (χ3v) is 6.84. The minimum Gasteiger partial charge on any atom is -0.377 e. The molecule has 0 amide bonds. The van der Waals surface area contributed by atoms with Gasteiger partial charge in [-0.05, 0) is 25.7 Å². The zero-order valence-corrected chi connectivity index (χ0v) is 12.3. The number of primary sulfonamides is 1. The Labute approximate surface area is 114 Å². The van der Waals surface area contributed by atoms with Gasteiger partial charge in [-0.2, -0.15) is 0 Å². The fourth-order valence-electron chi connectivity index (χ4n) is 2.54. The van der Waals surface area contributed by atoms with E-state index in [0.717, 1.165) is 12.8 Å². The highest BCUT2D eigenvalue weighted by atomic mass is 32.2. The van der Waals surface area contributed by atoms with Gasteiger partial charge in [-0.1, -0.05) is 0 Å². The van der Waals surface area contributed by atoms with Gasteiger partial charge in [0, 0.05) is 19.7 Å². The third-order valence-electron chi connectivity index (χ3n) is 3.62. The lowest BCUT2D eigenvalue weighted by Gasteiger charge is -2.31. The maximum atomic E-state index is 12.2. The lowest BCUT2D eigenvalue weighted by molar-refractivity contribution is 0.126. The molecule has 0 bridgehead atoms. The van der Waals surface area contributed by atoms with Gasteiger partial charge in [-0.3, -0.25) is 0 Å². The molecule has 0 aromatic rings. The van der Waals surface area contributed by atoms with E-state index in [0.29, 0.717) is 26.0 Å². The fourth-order valence-corrected chi connectivity index (χ4v) is 5.28. The molecule has 2 saturated heterocycles. The molecule has 2 fully saturated rings. The van der Waals surface area contributed by atoms with E-state index in [1.807, 2.05) is 0 Å². The van der Waals surface area contributed by atoms with Crippen LogP contribution >= 0.6 is 0 Å². The van der Waals surface area contributed by atoms with Crippen LogP contribution in [0.1, 0.15) is 25.7 Å². The predicted octanol–water partition coefficient (Wildman–Crippen LogP) is -0.752. The Hall–Kier alpha value is -0.220. The van der Waals surface area contributed by atoms with Crippen molar-refractivity contribution in [2.45, 2.75) is 37.0 Å². The maximum Gasteiger partial charge on any atom is 0.216 e. The Morgan fingerprint density at radius 2 is 1.89 bits per heavy atom. The molecule has 0 aliphatic carbocycles. The van der Waals surface area contributed by atoms with Crippen molar-refractivity contribution in [2.24, 2.45) is 5.14 Å². The molecule has 2 heterocycles. The summed E-state index contributed by atoms with van der Waals surface area (Å²) in [6.45, 7) is 0.926. The number of sulfonamides is 2. The molecule has 0 saturated carbocycles. The zero-order chi connectivity index (χ0) is 14.1. The smallest absolute Gasteiger partial charge is 0.216 e. The topological polar surface area (TPSA) is 107 Å². The highest BCUT2D eigenvalue weighted by Gasteiger charge is 2.35. The number of hydrogen-bond acceptors (Lipinski definition) is 5. The average molecular weight is 312 g/mol. The van der Waals surface area contributed by atoms with E-state index in [1.165, 1.54) is 4.31 Å². The van der Waals surface area contributed by atoms with Gasteiger partial charge < -0.3 is 4.74 Å². The summed E-state index contributed by atoms with van der Waals surface area (Å²) in [5.74, 6) is -0.0651. The van der Waals surface area contributed by atoms with E-state index in [2.05, 4.69) is 0 Å². The Kier molecular flexibility index (Phi) is 4.51. The van der Waals surface area contributed by atoms with Crippen LogP contribution < -0.4 is 5.14 Å². The van der Waals surface area contributed by atoms with E-state index in [9.17, 15) is 16.8 Å². The van der Waals surface area contributed by atoms with Crippen molar-refractivity contribution < 1.29 is 21.6 Å². The largest absolute Gasteiger partial charge is 0.377 e. The SMILES string of the molecule is NS(=O)(=O)C1CCCN(S(=O)(=O)CC2CCCO2)C1. The van der Waals surface area contributed by atoms with Gasteiger partial charge >= 0.3 is 0 Å². The van der Waals surface area contributed by atoms with E-state index in [-0.39, 0.29) is 18.4 Å². The summed E-state index contributed by atoms with van der Waals surface area (Å²) in [6, 6.07) is 0. The number of nitrogens with two attached hydrogens (primary N) is 1. The summed E-state index contributed by atoms with van der Waals surface area (Å²) in [7, 11) is -7.16. The zero-order valence-electron chi connectivity index (χ0n) is 10.7. The van der Waals surface area contributed by atoms with Crippen LogP contribution in [0.15, 0.2) is 0 Å². The number of hydrogen-bond donors (Lipinski definition) is 1. The Morgan fingerprint density at radius 1 is 1.16 bits per heavy atom. The molecule has 2 unspecified atom stereocenters. The van der Waals surface area contributed by atoms with Crippen molar-refractivity contribution in [2.75, 3.05) is 25.4 Å². The molecule has 7 nitrogen and oxygen atoms in total. The highest BCUT2D eigenvalue weighted by Crippen LogP contribution is 2.21. The van der Waals surface area contributed by atoms with E-state index in [4.69, 9.17) is 9.88 Å². The summed E-state index contributed by atoms with van der Waals surface area (Å²) in [6.07, 6.45) is 2.29. The van der Waals surface area contributed by atoms with Gasteiger partial charge in [-0.15, -0.1) is 0 Å². The van der Waals surface area contributed by atoms with Crippen LogP contribution in [-0.4, -0.2) is 57.9 Å². The normalized spacial score (nSPS) is 30.6. The molecule has 9 heteroatoms. The molecule has 0 spiro atoms. The van der Waals surface area contributed by atoms with Gasteiger partial charge in [0.2, 0.25) is 20.0 Å². The maximum absolute atomic E-state index is 12.2. The van der Waals surface area contributed by atoms with E-state index in [1.54, 1.807) is 0 Å². The van der Waals surface area contributed by atoms with Gasteiger partial charge in [-0.25, -0.2) is 26.3 Å². The molecule has 2 aliphatic heterocycles. The van der Waals surface area contributed by atoms with Gasteiger partial charge in [0.25, 0.3) is 0 Å². The Morgan fingerprint density at radius 3 is 2.47 bits per heavy atom. The minimum atomic E-state index is -3.68. The third kappa shape index (κ3) is 3.88. The molecule has 0 aromatic carbocycles. The van der Waals surface area contributed by atoms with Crippen LogP contribution in [0.2, 0.25) is 0 Å². The highest BCUT2D eigenvalue weighted by molar-refractivity contribution is 7.90. The first-order chi connectivity index (χ1) is 8.79. The quantitative estimate of drug-likeness (QED) is 0.735. The second kappa shape index (κ2) is 5.65. The minimum absolute atomic E-state index is 0.0338. The summed E-state index contributed by atoms with van der Waals surface area (Å²) >= 11 is 0. The first kappa shape index (κ1) is 15.2. The van der Waals surface area contributed by atoms with E-state index >= 15 is 0 Å². The van der Waals surface area contributed by atoms with Crippen molar-refractivity contribution >= 4 is 20.0 Å². The summed E-state index contributed by atoms with van der Waals surface area (Å²) in [4.78, 5) is 0. The van der Waals surface area contributed by atoms with Crippen molar-refractivity contribution in [3.05, 3.63) is 0 Å². The monoisotopic (exact) mass is 312 g/mol. The van der Waals surface area contributed by atoms with Crippen LogP contribution in [0.25, 0.3) is 0 Å². The second-order valence-electron chi connectivity index (χ2n) is 5.12. The Balaban J connectivity index is 2.03. The predicted molar refractivity (Wildman–Crippen MR) is 70.5 cm³/mol. The summed E-state index contributed by atoms with van der Waals surface area (Å²) in [5, 5.41) is 4.31. The lowest BCUT2D eigenvalue weighted by Crippen LogP contribution is -2.48. The number of nitrogens with zero attached hydrogens (tertiary/aromatic N) is 1. The number of ether oxygens (including phenoxy) is 1. The van der Waals surface area contributed by atoms with Crippen LogP contribution in [0, 0.1) is 0 Å². The molecule has 2 rings (SSSR count). The van der Waals surface area contributed by atoms with Gasteiger partial charge in [0.15, 0.2) is 0 Å². The molecule has 19 heavy (non-hydrogen) atoms. The van der Waals surface area contributed by atoms with Gasteiger partial charge in [0.05, 0.1) is 17.1 Å². The molecule has 2 aliphatic rings. The molecule has 2 N–H and O–H groups in total. The van der Waals surface area contributed by atoms with Crippen LogP contribution in [0.4, 0.5) is 0 Å². The molecule has 2 atom stereocenters. The molecular weight excluding hydrogens is 292 g/mol. The first-order valence-electron chi connectivity index (χ1n) is 6.40. The Bertz CT molecular complexity index is 510. The van der Waals surface area contributed by atoms with Crippen molar-refractivity contribution in [3.63, 3.8) is 0 Å². The molecular formula is C10H20N2O5S2. The van der Waals surface area contributed by atoms with Crippen molar-refractivity contribution in [3.8, 4) is 0 Å². The number of rotatable bonds is 4. The lowest BCUT2D eigenvalue weighted by atomic mass is 10.2. The summed E-state index contributed by atoms with van der Waals surface area (Å²) < 4.78 is 53.7. The summed E-state index contributed by atoms with van der Waals surface area (Å²) in [5.41, 5.74) is 0. The number of piperidine rings is 1. The average Bonchev–Trinajstić information content (AvgIpc) is 2.80. The second-order valence-corrected chi connectivity index (χ2v) is 8.98. The molecule has 0 aromatic heterocycles.